The summed E-state index contributed by atoms with van der Waals surface area (Å²) >= 11 is 5.59. The highest BCUT2D eigenvalue weighted by Crippen LogP contribution is 2.27. The third kappa shape index (κ3) is 3.70. The van der Waals surface area contributed by atoms with Crippen molar-refractivity contribution in [3.63, 3.8) is 0 Å². The number of hydrogen-bond acceptors (Lipinski definition) is 1. The zero-order valence-electron chi connectivity index (χ0n) is 8.65. The Balaban J connectivity index is 2.20. The molecule has 13 heavy (non-hydrogen) atoms. The number of nitrogens with one attached hydrogen (secondary N) is 1. The van der Waals surface area contributed by atoms with E-state index in [1.54, 1.807) is 5.54 Å². The van der Waals surface area contributed by atoms with Gasteiger partial charge in [-0.15, -0.1) is 0 Å². The highest BCUT2D eigenvalue weighted by atomic mass is 35.5. The topological polar surface area (TPSA) is 12.0 Å². The fraction of sp³-hybridized carbons (Fsp3) is 0.818. The molecule has 0 spiro atoms. The van der Waals surface area contributed by atoms with Gasteiger partial charge in [0.25, 0.3) is 0 Å². The summed E-state index contributed by atoms with van der Waals surface area (Å²) in [5.41, 5.74) is 2.88. The van der Waals surface area contributed by atoms with Crippen molar-refractivity contribution in [2.75, 3.05) is 6.54 Å². The molecular weight excluding hydrogens is 182 g/mol. The van der Waals surface area contributed by atoms with Gasteiger partial charge in [-0.2, -0.15) is 0 Å². The van der Waals surface area contributed by atoms with Gasteiger partial charge in [0.15, 0.2) is 0 Å². The molecule has 1 saturated carbocycles. The van der Waals surface area contributed by atoms with E-state index in [2.05, 4.69) is 19.2 Å². The molecule has 1 N–H and O–H groups in total. The van der Waals surface area contributed by atoms with Gasteiger partial charge >= 0.3 is 0 Å². The van der Waals surface area contributed by atoms with Crippen molar-refractivity contribution < 1.29 is 0 Å². The first-order valence-electron chi connectivity index (χ1n) is 5.23. The molecule has 1 rings (SSSR count). The molecular formula is C11H20ClN. The lowest BCUT2D eigenvalue weighted by atomic mass is 10.00. The van der Waals surface area contributed by atoms with Crippen LogP contribution in [-0.2, 0) is 0 Å². The minimum Gasteiger partial charge on any atom is -0.310 e. The van der Waals surface area contributed by atoms with Crippen molar-refractivity contribution in [1.82, 2.24) is 5.32 Å². The molecule has 0 unspecified atom stereocenters. The van der Waals surface area contributed by atoms with Crippen molar-refractivity contribution in [2.45, 2.75) is 45.6 Å². The second-order valence-corrected chi connectivity index (χ2v) is 4.39. The molecule has 1 aliphatic carbocycles. The monoisotopic (exact) mass is 201 g/mol. The van der Waals surface area contributed by atoms with E-state index in [0.717, 1.165) is 12.5 Å². The SMILES string of the molecule is CC(=CCl)CN[C@@H](C)C1CCCC1. The van der Waals surface area contributed by atoms with Gasteiger partial charge in [-0.1, -0.05) is 24.4 Å². The van der Waals surface area contributed by atoms with Crippen molar-refractivity contribution in [1.29, 1.82) is 0 Å². The van der Waals surface area contributed by atoms with Crippen molar-refractivity contribution in [2.24, 2.45) is 5.92 Å². The lowest BCUT2D eigenvalue weighted by molar-refractivity contribution is 0.392. The Bertz CT molecular complexity index is 171. The van der Waals surface area contributed by atoms with Crippen LogP contribution >= 0.6 is 11.6 Å². The van der Waals surface area contributed by atoms with E-state index in [4.69, 9.17) is 11.6 Å². The first kappa shape index (κ1) is 11.1. The van der Waals surface area contributed by atoms with Gasteiger partial charge in [-0.3, -0.25) is 0 Å². The maximum absolute atomic E-state index is 5.59. The zero-order valence-corrected chi connectivity index (χ0v) is 9.40. The smallest absolute Gasteiger partial charge is 0.0176 e. The Morgan fingerprint density at radius 2 is 2.15 bits per heavy atom. The molecule has 0 amide bonds. The van der Waals surface area contributed by atoms with Gasteiger partial charge in [0.1, 0.15) is 0 Å². The number of halogens is 1. The Morgan fingerprint density at radius 1 is 1.54 bits per heavy atom. The molecule has 0 bridgehead atoms. The lowest BCUT2D eigenvalue weighted by Gasteiger charge is -2.20. The third-order valence-corrected chi connectivity index (χ3v) is 3.37. The molecule has 1 atom stereocenters. The molecule has 2 heteroatoms. The van der Waals surface area contributed by atoms with Crippen LogP contribution in [0.2, 0.25) is 0 Å². The predicted octanol–water partition coefficient (Wildman–Crippen LogP) is 3.30. The molecule has 0 aromatic heterocycles. The molecule has 0 aromatic rings. The van der Waals surface area contributed by atoms with Gasteiger partial charge in [0.05, 0.1) is 0 Å². The molecule has 0 radical (unpaired) electrons. The summed E-state index contributed by atoms with van der Waals surface area (Å²) in [6.45, 7) is 5.28. The second kappa shape index (κ2) is 5.66. The fourth-order valence-corrected chi connectivity index (χ4v) is 2.06. The summed E-state index contributed by atoms with van der Waals surface area (Å²) in [5.74, 6) is 0.892. The first-order valence-corrected chi connectivity index (χ1v) is 5.67. The Kier molecular flexibility index (Phi) is 4.82. The van der Waals surface area contributed by atoms with Crippen LogP contribution < -0.4 is 5.32 Å². The van der Waals surface area contributed by atoms with Crippen LogP contribution in [0, 0.1) is 5.92 Å². The molecule has 0 aliphatic heterocycles. The quantitative estimate of drug-likeness (QED) is 0.736. The highest BCUT2D eigenvalue weighted by molar-refractivity contribution is 6.25. The minimum absolute atomic E-state index is 0.647. The summed E-state index contributed by atoms with van der Waals surface area (Å²) in [6, 6.07) is 0.647. The molecule has 0 saturated heterocycles. The van der Waals surface area contributed by atoms with Crippen molar-refractivity contribution in [3.05, 3.63) is 11.1 Å². The van der Waals surface area contributed by atoms with Crippen molar-refractivity contribution in [3.8, 4) is 0 Å². The molecule has 76 valence electrons. The first-order chi connectivity index (χ1) is 6.24. The highest BCUT2D eigenvalue weighted by Gasteiger charge is 2.20. The normalized spacial score (nSPS) is 22.2. The summed E-state index contributed by atoms with van der Waals surface area (Å²) in [5, 5.41) is 3.52. The van der Waals surface area contributed by atoms with E-state index < -0.39 is 0 Å². The minimum atomic E-state index is 0.647. The molecule has 1 fully saturated rings. The molecule has 1 nitrogen and oxygen atoms in total. The molecule has 0 heterocycles. The zero-order chi connectivity index (χ0) is 9.68. The summed E-state index contributed by atoms with van der Waals surface area (Å²) in [6.07, 6.45) is 5.64. The van der Waals surface area contributed by atoms with Crippen LogP contribution in [0.15, 0.2) is 11.1 Å². The van der Waals surface area contributed by atoms with Crippen LogP contribution in [0.3, 0.4) is 0 Å². The van der Waals surface area contributed by atoms with Crippen molar-refractivity contribution >= 4 is 11.6 Å². The molecule has 1 aliphatic rings. The van der Waals surface area contributed by atoms with Gasteiger partial charge in [0, 0.05) is 18.1 Å². The fourth-order valence-electron chi connectivity index (χ4n) is 1.98. The standard InChI is InChI=1S/C11H20ClN/c1-9(7-12)8-13-10(2)11-5-3-4-6-11/h7,10-11,13H,3-6,8H2,1-2H3/t10-/m0/s1. The van der Waals surface area contributed by atoms with E-state index in [1.165, 1.54) is 31.3 Å². The van der Waals surface area contributed by atoms with Gasteiger partial charge in [0.2, 0.25) is 0 Å². The Morgan fingerprint density at radius 3 is 2.69 bits per heavy atom. The van der Waals surface area contributed by atoms with Crippen LogP contribution in [0.25, 0.3) is 0 Å². The van der Waals surface area contributed by atoms with E-state index in [9.17, 15) is 0 Å². The van der Waals surface area contributed by atoms with Gasteiger partial charge in [-0.25, -0.2) is 0 Å². The Hall–Kier alpha value is -0.0100. The third-order valence-electron chi connectivity index (χ3n) is 3.00. The van der Waals surface area contributed by atoms with Crippen LogP contribution in [-0.4, -0.2) is 12.6 Å². The number of rotatable bonds is 4. The molecule has 0 aromatic carbocycles. The maximum atomic E-state index is 5.59. The van der Waals surface area contributed by atoms with Crippen LogP contribution in [0.1, 0.15) is 39.5 Å². The van der Waals surface area contributed by atoms with Gasteiger partial charge in [-0.05, 0) is 38.2 Å². The number of hydrogen-bond donors (Lipinski definition) is 1. The average molecular weight is 202 g/mol. The Labute approximate surface area is 86.5 Å². The summed E-state index contributed by atoms with van der Waals surface area (Å²) < 4.78 is 0. The van der Waals surface area contributed by atoms with Crippen LogP contribution in [0.4, 0.5) is 0 Å². The second-order valence-electron chi connectivity index (χ2n) is 4.17. The van der Waals surface area contributed by atoms with E-state index in [-0.39, 0.29) is 0 Å². The van der Waals surface area contributed by atoms with E-state index in [0.29, 0.717) is 6.04 Å². The predicted molar refractivity (Wildman–Crippen MR) is 59.0 cm³/mol. The largest absolute Gasteiger partial charge is 0.310 e. The summed E-state index contributed by atoms with van der Waals surface area (Å²) in [4.78, 5) is 0. The average Bonchev–Trinajstić information content (AvgIpc) is 2.66. The summed E-state index contributed by atoms with van der Waals surface area (Å²) in [7, 11) is 0. The van der Waals surface area contributed by atoms with Crippen LogP contribution in [0.5, 0.6) is 0 Å². The maximum Gasteiger partial charge on any atom is 0.0176 e. The van der Waals surface area contributed by atoms with E-state index in [1.807, 2.05) is 0 Å². The lowest BCUT2D eigenvalue weighted by Crippen LogP contribution is -2.33. The van der Waals surface area contributed by atoms with E-state index >= 15 is 0 Å². The van der Waals surface area contributed by atoms with Gasteiger partial charge < -0.3 is 5.32 Å².